The van der Waals surface area contributed by atoms with Gasteiger partial charge in [0.15, 0.2) is 0 Å². The molecule has 0 radical (unpaired) electrons. The van der Waals surface area contributed by atoms with E-state index in [1.54, 1.807) is 11.0 Å². The zero-order valence-corrected chi connectivity index (χ0v) is 12.8. The van der Waals surface area contributed by atoms with Crippen molar-refractivity contribution >= 4 is 23.5 Å². The summed E-state index contributed by atoms with van der Waals surface area (Å²) in [6.45, 7) is 1.26. The summed E-state index contributed by atoms with van der Waals surface area (Å²) in [6, 6.07) is 7.28. The molecule has 1 amide bonds. The van der Waals surface area contributed by atoms with E-state index < -0.39 is 12.1 Å². The van der Waals surface area contributed by atoms with Crippen molar-refractivity contribution in [2.75, 3.05) is 26.3 Å². The van der Waals surface area contributed by atoms with Crippen molar-refractivity contribution in [1.82, 2.24) is 4.90 Å². The van der Waals surface area contributed by atoms with E-state index >= 15 is 0 Å². The molecule has 1 N–H and O–H groups in total. The van der Waals surface area contributed by atoms with Crippen molar-refractivity contribution in [2.45, 2.75) is 19.1 Å². The molecule has 7 heteroatoms. The topological polar surface area (TPSA) is 76.1 Å². The summed E-state index contributed by atoms with van der Waals surface area (Å²) < 4.78 is 10.7. The van der Waals surface area contributed by atoms with Crippen LogP contribution in [0.1, 0.15) is 12.0 Å². The highest BCUT2D eigenvalue weighted by Crippen LogP contribution is 2.16. The summed E-state index contributed by atoms with van der Waals surface area (Å²) in [5.74, 6) is -1.11. The molecule has 0 aromatic heterocycles. The quantitative estimate of drug-likeness (QED) is 0.858. The van der Waals surface area contributed by atoms with Gasteiger partial charge in [-0.25, -0.2) is 0 Å². The number of morpholine rings is 1. The molecule has 1 atom stereocenters. The maximum atomic E-state index is 12.1. The van der Waals surface area contributed by atoms with Crippen LogP contribution in [0.25, 0.3) is 0 Å². The highest BCUT2D eigenvalue weighted by Gasteiger charge is 2.25. The van der Waals surface area contributed by atoms with Crippen LogP contribution in [-0.4, -0.2) is 54.3 Å². The van der Waals surface area contributed by atoms with Gasteiger partial charge in [0.2, 0.25) is 5.91 Å². The van der Waals surface area contributed by atoms with E-state index in [0.717, 1.165) is 5.56 Å². The van der Waals surface area contributed by atoms with Gasteiger partial charge >= 0.3 is 5.97 Å². The van der Waals surface area contributed by atoms with E-state index in [-0.39, 0.29) is 32.1 Å². The van der Waals surface area contributed by atoms with Crippen molar-refractivity contribution < 1.29 is 24.2 Å². The SMILES string of the molecule is O=C(O)C[C@H]1CN(C(=O)COCc2ccccc2Cl)CCO1. The molecule has 1 aromatic carbocycles. The summed E-state index contributed by atoms with van der Waals surface area (Å²) >= 11 is 6.01. The predicted molar refractivity (Wildman–Crippen MR) is 79.7 cm³/mol. The Kier molecular flexibility index (Phi) is 6.18. The number of carboxylic acids is 1. The van der Waals surface area contributed by atoms with Gasteiger partial charge in [-0.1, -0.05) is 29.8 Å². The monoisotopic (exact) mass is 327 g/mol. The van der Waals surface area contributed by atoms with Gasteiger partial charge in [0, 0.05) is 18.1 Å². The van der Waals surface area contributed by atoms with E-state index in [1.165, 1.54) is 0 Å². The Bertz CT molecular complexity index is 536. The lowest BCUT2D eigenvalue weighted by molar-refractivity contribution is -0.150. The molecule has 0 aliphatic carbocycles. The molecule has 1 saturated heterocycles. The first-order valence-electron chi connectivity index (χ1n) is 6.98. The number of ether oxygens (including phenoxy) is 2. The van der Waals surface area contributed by atoms with Crippen molar-refractivity contribution in [3.63, 3.8) is 0 Å². The zero-order valence-electron chi connectivity index (χ0n) is 12.0. The molecule has 1 aromatic rings. The second kappa shape index (κ2) is 8.12. The van der Waals surface area contributed by atoms with Crippen LogP contribution in [-0.2, 0) is 25.7 Å². The molecular weight excluding hydrogens is 310 g/mol. The van der Waals surface area contributed by atoms with E-state index in [9.17, 15) is 9.59 Å². The minimum absolute atomic E-state index is 0.0645. The molecule has 120 valence electrons. The summed E-state index contributed by atoms with van der Waals surface area (Å²) in [4.78, 5) is 24.3. The Labute approximate surface area is 133 Å². The molecule has 22 heavy (non-hydrogen) atoms. The summed E-state index contributed by atoms with van der Waals surface area (Å²) in [5.41, 5.74) is 0.822. The Morgan fingerprint density at radius 1 is 1.41 bits per heavy atom. The van der Waals surface area contributed by atoms with Gasteiger partial charge in [0.1, 0.15) is 6.61 Å². The third kappa shape index (κ3) is 4.98. The summed E-state index contributed by atoms with van der Waals surface area (Å²) in [7, 11) is 0. The Morgan fingerprint density at radius 3 is 2.91 bits per heavy atom. The molecule has 0 spiro atoms. The van der Waals surface area contributed by atoms with Gasteiger partial charge < -0.3 is 19.5 Å². The first-order chi connectivity index (χ1) is 10.6. The zero-order chi connectivity index (χ0) is 15.9. The van der Waals surface area contributed by atoms with E-state index in [4.69, 9.17) is 26.2 Å². The van der Waals surface area contributed by atoms with E-state index in [1.807, 2.05) is 18.2 Å². The Balaban J connectivity index is 1.77. The van der Waals surface area contributed by atoms with E-state index in [2.05, 4.69) is 0 Å². The fraction of sp³-hybridized carbons (Fsp3) is 0.467. The van der Waals surface area contributed by atoms with Gasteiger partial charge in [-0.05, 0) is 11.6 Å². The predicted octanol–water partition coefficient (Wildman–Crippen LogP) is 1.56. The molecular formula is C15H18ClNO5. The van der Waals surface area contributed by atoms with Gasteiger partial charge in [0.05, 0.1) is 25.7 Å². The van der Waals surface area contributed by atoms with Crippen LogP contribution in [0.3, 0.4) is 0 Å². The van der Waals surface area contributed by atoms with Gasteiger partial charge in [0.25, 0.3) is 0 Å². The first kappa shape index (κ1) is 16.7. The standard InChI is InChI=1S/C15H18ClNO5/c16-13-4-2-1-3-11(13)9-21-10-14(18)17-5-6-22-12(8-17)7-15(19)20/h1-4,12H,5-10H2,(H,19,20)/t12-/m0/s1. The van der Waals surface area contributed by atoms with Gasteiger partial charge in [-0.15, -0.1) is 0 Å². The molecule has 2 rings (SSSR count). The maximum Gasteiger partial charge on any atom is 0.306 e. The van der Waals surface area contributed by atoms with Crippen LogP contribution in [0.4, 0.5) is 0 Å². The highest BCUT2D eigenvalue weighted by molar-refractivity contribution is 6.31. The summed E-state index contributed by atoms with van der Waals surface area (Å²) in [6.07, 6.45) is -0.566. The molecule has 1 fully saturated rings. The number of carbonyl (C=O) groups is 2. The Morgan fingerprint density at radius 2 is 2.18 bits per heavy atom. The number of nitrogens with zero attached hydrogens (tertiary/aromatic N) is 1. The lowest BCUT2D eigenvalue weighted by Gasteiger charge is -2.32. The van der Waals surface area contributed by atoms with Crippen molar-refractivity contribution in [2.24, 2.45) is 0 Å². The number of hydrogen-bond donors (Lipinski definition) is 1. The second-order valence-electron chi connectivity index (χ2n) is 5.01. The number of amides is 1. The lowest BCUT2D eigenvalue weighted by Crippen LogP contribution is -2.47. The fourth-order valence-corrected chi connectivity index (χ4v) is 2.41. The molecule has 0 unspecified atom stereocenters. The number of halogens is 1. The normalized spacial score (nSPS) is 18.2. The third-order valence-corrected chi connectivity index (χ3v) is 3.70. The largest absolute Gasteiger partial charge is 0.481 e. The van der Waals surface area contributed by atoms with Crippen LogP contribution < -0.4 is 0 Å². The van der Waals surface area contributed by atoms with Crippen LogP contribution in [0.15, 0.2) is 24.3 Å². The second-order valence-corrected chi connectivity index (χ2v) is 5.42. The van der Waals surface area contributed by atoms with Crippen LogP contribution in [0.2, 0.25) is 5.02 Å². The van der Waals surface area contributed by atoms with Crippen LogP contribution in [0, 0.1) is 0 Å². The average Bonchev–Trinajstić information content (AvgIpc) is 2.48. The average molecular weight is 328 g/mol. The number of hydrogen-bond acceptors (Lipinski definition) is 4. The smallest absolute Gasteiger partial charge is 0.306 e. The number of aliphatic carboxylic acids is 1. The number of carboxylic acid groups (broad SMARTS) is 1. The maximum absolute atomic E-state index is 12.1. The fourth-order valence-electron chi connectivity index (χ4n) is 2.22. The minimum Gasteiger partial charge on any atom is -0.481 e. The summed E-state index contributed by atoms with van der Waals surface area (Å²) in [5, 5.41) is 9.36. The highest BCUT2D eigenvalue weighted by atomic mass is 35.5. The number of benzene rings is 1. The molecule has 1 aliphatic heterocycles. The Hall–Kier alpha value is -1.63. The van der Waals surface area contributed by atoms with Crippen molar-refractivity contribution in [3.8, 4) is 0 Å². The van der Waals surface area contributed by atoms with Crippen LogP contribution in [0.5, 0.6) is 0 Å². The first-order valence-corrected chi connectivity index (χ1v) is 7.36. The van der Waals surface area contributed by atoms with Gasteiger partial charge in [-0.3, -0.25) is 9.59 Å². The third-order valence-electron chi connectivity index (χ3n) is 3.33. The lowest BCUT2D eigenvalue weighted by atomic mass is 10.2. The van der Waals surface area contributed by atoms with Crippen molar-refractivity contribution in [3.05, 3.63) is 34.9 Å². The van der Waals surface area contributed by atoms with Crippen LogP contribution >= 0.6 is 11.6 Å². The van der Waals surface area contributed by atoms with E-state index in [0.29, 0.717) is 18.2 Å². The molecule has 0 saturated carbocycles. The van der Waals surface area contributed by atoms with Crippen molar-refractivity contribution in [1.29, 1.82) is 0 Å². The van der Waals surface area contributed by atoms with Gasteiger partial charge in [-0.2, -0.15) is 0 Å². The molecule has 1 heterocycles. The number of carbonyl (C=O) groups excluding carboxylic acids is 1. The number of rotatable bonds is 6. The molecule has 0 bridgehead atoms. The minimum atomic E-state index is -0.936. The molecule has 6 nitrogen and oxygen atoms in total. The molecule has 1 aliphatic rings.